The second kappa shape index (κ2) is 5.97. The number of benzene rings is 1. The zero-order valence-electron chi connectivity index (χ0n) is 10.5. The van der Waals surface area contributed by atoms with E-state index in [0.717, 1.165) is 5.56 Å². The van der Waals surface area contributed by atoms with Gasteiger partial charge in [0, 0.05) is 11.9 Å². The number of nitrogens with two attached hydrogens (primary N) is 1. The highest BCUT2D eigenvalue weighted by Gasteiger charge is 2.07. The summed E-state index contributed by atoms with van der Waals surface area (Å²) in [7, 11) is -2.95. The Morgan fingerprint density at radius 1 is 1.33 bits per heavy atom. The minimum absolute atomic E-state index is 0.124. The van der Waals surface area contributed by atoms with E-state index in [1.165, 1.54) is 6.26 Å². The molecule has 1 atom stereocenters. The second-order valence-corrected chi connectivity index (χ2v) is 6.61. The normalized spacial score (nSPS) is 13.1. The maximum absolute atomic E-state index is 11.3. The highest BCUT2D eigenvalue weighted by Crippen LogP contribution is 2.10. The number of carbonyl (C=O) groups excluding carboxylic acids is 1. The molecular weight excluding hydrogens is 252 g/mol. The number of hydrogen-bond donors (Lipinski definition) is 2. The van der Waals surface area contributed by atoms with Gasteiger partial charge in [0.15, 0.2) is 0 Å². The summed E-state index contributed by atoms with van der Waals surface area (Å²) in [6.45, 7) is 1.61. The van der Waals surface area contributed by atoms with Crippen molar-refractivity contribution < 1.29 is 13.2 Å². The van der Waals surface area contributed by atoms with Crippen LogP contribution in [0.25, 0.3) is 0 Å². The van der Waals surface area contributed by atoms with Crippen LogP contribution >= 0.6 is 0 Å². The van der Waals surface area contributed by atoms with E-state index in [-0.39, 0.29) is 11.7 Å². The Morgan fingerprint density at radius 3 is 2.33 bits per heavy atom. The van der Waals surface area contributed by atoms with Gasteiger partial charge in [-0.05, 0) is 31.0 Å². The molecule has 3 N–H and O–H groups in total. The fourth-order valence-corrected chi connectivity index (χ4v) is 1.92. The summed E-state index contributed by atoms with van der Waals surface area (Å²) in [5.41, 5.74) is 7.00. The molecule has 5 nitrogen and oxygen atoms in total. The average molecular weight is 270 g/mol. The Hall–Kier alpha value is -1.40. The molecule has 0 unspecified atom stereocenters. The van der Waals surface area contributed by atoms with Gasteiger partial charge < -0.3 is 11.1 Å². The molecule has 1 aromatic rings. The van der Waals surface area contributed by atoms with Gasteiger partial charge in [-0.15, -0.1) is 0 Å². The van der Waals surface area contributed by atoms with E-state index in [0.29, 0.717) is 12.1 Å². The molecular formula is C12H18N2O3S. The van der Waals surface area contributed by atoms with Gasteiger partial charge in [0.2, 0.25) is 5.91 Å². The van der Waals surface area contributed by atoms with Crippen LogP contribution in [0.15, 0.2) is 24.3 Å². The third-order valence-corrected chi connectivity index (χ3v) is 3.34. The average Bonchev–Trinajstić information content (AvgIpc) is 2.27. The molecule has 100 valence electrons. The molecule has 0 heterocycles. The van der Waals surface area contributed by atoms with Crippen LogP contribution in [0.2, 0.25) is 0 Å². The van der Waals surface area contributed by atoms with Crippen molar-refractivity contribution in [3.05, 3.63) is 29.8 Å². The number of hydrogen-bond acceptors (Lipinski definition) is 4. The Bertz CT molecular complexity index is 507. The van der Waals surface area contributed by atoms with Crippen LogP contribution in [-0.2, 0) is 21.1 Å². The lowest BCUT2D eigenvalue weighted by Gasteiger charge is -2.08. The molecule has 0 bridgehead atoms. The molecule has 0 aliphatic heterocycles. The molecule has 0 aromatic heterocycles. The number of carbonyl (C=O) groups is 1. The second-order valence-electron chi connectivity index (χ2n) is 4.35. The lowest BCUT2D eigenvalue weighted by atomic mass is 10.1. The molecule has 0 aliphatic carbocycles. The number of rotatable bonds is 5. The first-order valence-corrected chi connectivity index (χ1v) is 7.67. The van der Waals surface area contributed by atoms with E-state index in [9.17, 15) is 13.2 Å². The summed E-state index contributed by atoms with van der Waals surface area (Å²) in [6, 6.07) is 6.50. The minimum atomic E-state index is -2.95. The third-order valence-electron chi connectivity index (χ3n) is 2.40. The van der Waals surface area contributed by atoms with Gasteiger partial charge in [-0.2, -0.15) is 0 Å². The summed E-state index contributed by atoms with van der Waals surface area (Å²) in [5, 5.41) is 2.66. The number of sulfone groups is 1. The monoisotopic (exact) mass is 270 g/mol. The van der Waals surface area contributed by atoms with E-state index in [4.69, 9.17) is 5.73 Å². The Balaban J connectivity index is 2.60. The van der Waals surface area contributed by atoms with Gasteiger partial charge in [-0.3, -0.25) is 4.79 Å². The van der Waals surface area contributed by atoms with Gasteiger partial charge in [-0.1, -0.05) is 12.1 Å². The van der Waals surface area contributed by atoms with Crippen LogP contribution in [0, 0.1) is 0 Å². The van der Waals surface area contributed by atoms with E-state index in [1.807, 2.05) is 0 Å². The smallest absolute Gasteiger partial charge is 0.240 e. The summed E-state index contributed by atoms with van der Waals surface area (Å²) >= 11 is 0. The third kappa shape index (κ3) is 5.29. The van der Waals surface area contributed by atoms with Crippen molar-refractivity contribution in [2.45, 2.75) is 19.4 Å². The zero-order chi connectivity index (χ0) is 13.8. The first-order chi connectivity index (χ1) is 8.28. The Labute approximate surface area is 107 Å². The van der Waals surface area contributed by atoms with Crippen LogP contribution in [0.1, 0.15) is 12.5 Å². The summed E-state index contributed by atoms with van der Waals surface area (Å²) in [4.78, 5) is 11.3. The van der Waals surface area contributed by atoms with Gasteiger partial charge in [-0.25, -0.2) is 8.42 Å². The lowest BCUT2D eigenvalue weighted by molar-refractivity contribution is -0.117. The van der Waals surface area contributed by atoms with Crippen LogP contribution in [0.5, 0.6) is 0 Å². The standard InChI is InChI=1S/C12H18N2O3S/c1-9(13)12(15)14-11-5-3-10(4-6-11)7-8-18(2,16)17/h3-6,9H,7-8,13H2,1-2H3,(H,14,15)/t9-/m1/s1. The maximum atomic E-state index is 11.3. The molecule has 0 saturated heterocycles. The fourth-order valence-electron chi connectivity index (χ4n) is 1.31. The van der Waals surface area contributed by atoms with Crippen molar-refractivity contribution >= 4 is 21.4 Å². The van der Waals surface area contributed by atoms with Crippen LogP contribution in [0.3, 0.4) is 0 Å². The summed E-state index contributed by atoms with van der Waals surface area (Å²) < 4.78 is 22.0. The first-order valence-electron chi connectivity index (χ1n) is 5.61. The molecule has 0 radical (unpaired) electrons. The van der Waals surface area contributed by atoms with Crippen molar-refractivity contribution in [1.82, 2.24) is 0 Å². The van der Waals surface area contributed by atoms with E-state index in [2.05, 4.69) is 5.32 Å². The van der Waals surface area contributed by atoms with Crippen molar-refractivity contribution in [3.8, 4) is 0 Å². The molecule has 6 heteroatoms. The van der Waals surface area contributed by atoms with Gasteiger partial charge in [0.05, 0.1) is 11.8 Å². The molecule has 18 heavy (non-hydrogen) atoms. The van der Waals surface area contributed by atoms with E-state index < -0.39 is 15.9 Å². The largest absolute Gasteiger partial charge is 0.325 e. The van der Waals surface area contributed by atoms with Gasteiger partial charge >= 0.3 is 0 Å². The Kier molecular flexibility index (Phi) is 4.86. The highest BCUT2D eigenvalue weighted by atomic mass is 32.2. The summed E-state index contributed by atoms with van der Waals surface area (Å²) in [5.74, 6) is -0.127. The minimum Gasteiger partial charge on any atom is -0.325 e. The summed E-state index contributed by atoms with van der Waals surface area (Å²) in [6.07, 6.45) is 1.69. The first kappa shape index (κ1) is 14.7. The van der Waals surface area contributed by atoms with Crippen molar-refractivity contribution in [1.29, 1.82) is 0 Å². The van der Waals surface area contributed by atoms with Crippen molar-refractivity contribution in [3.63, 3.8) is 0 Å². The topological polar surface area (TPSA) is 89.3 Å². The molecule has 0 spiro atoms. The number of anilines is 1. The molecule has 1 amide bonds. The fraction of sp³-hybridized carbons (Fsp3) is 0.417. The Morgan fingerprint density at radius 2 is 1.89 bits per heavy atom. The van der Waals surface area contributed by atoms with Crippen LogP contribution in [-0.4, -0.2) is 32.4 Å². The molecule has 0 saturated carbocycles. The highest BCUT2D eigenvalue weighted by molar-refractivity contribution is 7.90. The van der Waals surface area contributed by atoms with E-state index in [1.54, 1.807) is 31.2 Å². The molecule has 1 aromatic carbocycles. The predicted molar refractivity (Wildman–Crippen MR) is 72.1 cm³/mol. The van der Waals surface area contributed by atoms with E-state index >= 15 is 0 Å². The molecule has 0 aliphatic rings. The number of amides is 1. The lowest BCUT2D eigenvalue weighted by Crippen LogP contribution is -2.32. The predicted octanol–water partition coefficient (Wildman–Crippen LogP) is 0.559. The maximum Gasteiger partial charge on any atom is 0.240 e. The van der Waals surface area contributed by atoms with Crippen molar-refractivity contribution in [2.75, 3.05) is 17.3 Å². The van der Waals surface area contributed by atoms with Crippen LogP contribution < -0.4 is 11.1 Å². The number of nitrogens with one attached hydrogen (secondary N) is 1. The molecule has 0 fully saturated rings. The van der Waals surface area contributed by atoms with Gasteiger partial charge in [0.1, 0.15) is 9.84 Å². The quantitative estimate of drug-likeness (QED) is 0.818. The SMILES string of the molecule is C[C@@H](N)C(=O)Nc1ccc(CCS(C)(=O)=O)cc1. The zero-order valence-corrected chi connectivity index (χ0v) is 11.3. The number of aryl methyl sites for hydroxylation is 1. The molecule has 1 rings (SSSR count). The van der Waals surface area contributed by atoms with Crippen molar-refractivity contribution in [2.24, 2.45) is 5.73 Å². The van der Waals surface area contributed by atoms with Gasteiger partial charge in [0.25, 0.3) is 0 Å². The van der Waals surface area contributed by atoms with Crippen LogP contribution in [0.4, 0.5) is 5.69 Å².